The van der Waals surface area contributed by atoms with Crippen LogP contribution in [-0.2, 0) is 23.8 Å². The van der Waals surface area contributed by atoms with Crippen molar-refractivity contribution in [1.29, 1.82) is 0 Å². The second-order valence-corrected chi connectivity index (χ2v) is 5.43. The summed E-state index contributed by atoms with van der Waals surface area (Å²) in [6, 6.07) is 0. The first-order valence-corrected chi connectivity index (χ1v) is 7.61. The van der Waals surface area contributed by atoms with Crippen molar-refractivity contribution in [3.63, 3.8) is 0 Å². The summed E-state index contributed by atoms with van der Waals surface area (Å²) in [7, 11) is 4.24. The molecule has 5 nitrogen and oxygen atoms in total. The number of methoxy groups -OCH3 is 3. The molecule has 0 bridgehead atoms. The van der Waals surface area contributed by atoms with Gasteiger partial charge in [0.2, 0.25) is 0 Å². The van der Waals surface area contributed by atoms with Crippen molar-refractivity contribution in [2.24, 2.45) is 5.92 Å². The Morgan fingerprint density at radius 2 is 1.58 bits per heavy atom. The van der Waals surface area contributed by atoms with E-state index in [4.69, 9.17) is 14.2 Å². The number of allylic oxidation sites excluding steroid dienone is 3. The Morgan fingerprint density at radius 3 is 2.12 bits per heavy atom. The number of carbonyl (C=O) groups excluding carboxylic acids is 2. The van der Waals surface area contributed by atoms with Crippen LogP contribution in [0.3, 0.4) is 0 Å². The van der Waals surface area contributed by atoms with Gasteiger partial charge in [0, 0.05) is 18.6 Å². The van der Waals surface area contributed by atoms with Gasteiger partial charge in [0.1, 0.15) is 0 Å². The van der Waals surface area contributed by atoms with E-state index in [-0.39, 0.29) is 5.92 Å². The average molecular weight is 329 g/mol. The van der Waals surface area contributed by atoms with Gasteiger partial charge in [-0.1, -0.05) is 0 Å². The largest absolute Gasteiger partial charge is 0.501 e. The van der Waals surface area contributed by atoms with E-state index in [1.807, 2.05) is 31.8 Å². The lowest BCUT2D eigenvalue weighted by atomic mass is 9.85. The maximum atomic E-state index is 11.7. The lowest BCUT2D eigenvalue weighted by molar-refractivity contribution is -0.135. The summed E-state index contributed by atoms with van der Waals surface area (Å²) in [4.78, 5) is 23.4. The van der Waals surface area contributed by atoms with E-state index >= 15 is 0 Å². The van der Waals surface area contributed by atoms with Crippen LogP contribution in [0, 0.1) is 37.5 Å². The Hall–Kier alpha value is -2.04. The monoisotopic (exact) mass is 329 g/mol. The van der Waals surface area contributed by atoms with E-state index in [9.17, 15) is 9.59 Å². The first-order chi connectivity index (χ1) is 11.6. The molecule has 0 spiro atoms. The highest BCUT2D eigenvalue weighted by molar-refractivity contribution is 5.87. The molecular weight excluding hydrogens is 308 g/mol. The second kappa shape index (κ2) is 8.71. The van der Waals surface area contributed by atoms with Crippen LogP contribution in [0.1, 0.15) is 12.8 Å². The SMILES string of the molecule is COC(=O)/C=C1\CC(OC)=CC([C]2[CH][CH][CH][CH]2)C\C1=C/C(=O)OC. The fourth-order valence-electron chi connectivity index (χ4n) is 2.70. The van der Waals surface area contributed by atoms with Gasteiger partial charge < -0.3 is 14.2 Å². The van der Waals surface area contributed by atoms with Crippen molar-refractivity contribution in [3.8, 4) is 0 Å². The highest BCUT2D eigenvalue weighted by Crippen LogP contribution is 2.40. The maximum absolute atomic E-state index is 11.7. The van der Waals surface area contributed by atoms with E-state index in [2.05, 4.69) is 0 Å². The summed E-state index contributed by atoms with van der Waals surface area (Å²) in [6.45, 7) is 0. The lowest BCUT2D eigenvalue weighted by Crippen LogP contribution is -2.10. The molecule has 5 radical (unpaired) electrons. The molecule has 0 saturated heterocycles. The van der Waals surface area contributed by atoms with Crippen LogP contribution in [0.2, 0.25) is 0 Å². The fraction of sp³-hybridized carbons (Fsp3) is 0.316. The molecule has 0 aromatic rings. The zero-order chi connectivity index (χ0) is 17.5. The molecule has 2 aliphatic carbocycles. The molecule has 0 aliphatic heterocycles. The van der Waals surface area contributed by atoms with Crippen molar-refractivity contribution in [1.82, 2.24) is 0 Å². The summed E-state index contributed by atoms with van der Waals surface area (Å²) in [5.41, 5.74) is 1.43. The smallest absolute Gasteiger partial charge is 0.330 e. The number of carbonyl (C=O) groups is 2. The van der Waals surface area contributed by atoms with Gasteiger partial charge in [-0.3, -0.25) is 0 Å². The Labute approximate surface area is 143 Å². The minimum absolute atomic E-state index is 0.0504. The molecule has 0 amide bonds. The van der Waals surface area contributed by atoms with Crippen molar-refractivity contribution in [2.45, 2.75) is 12.8 Å². The summed E-state index contributed by atoms with van der Waals surface area (Å²) < 4.78 is 14.9. The van der Waals surface area contributed by atoms with Crippen LogP contribution in [-0.4, -0.2) is 33.3 Å². The van der Waals surface area contributed by atoms with Gasteiger partial charge in [-0.2, -0.15) is 0 Å². The summed E-state index contributed by atoms with van der Waals surface area (Å²) in [5, 5.41) is 0. The highest BCUT2D eigenvalue weighted by Gasteiger charge is 2.30. The Bertz CT molecular complexity index is 564. The van der Waals surface area contributed by atoms with Gasteiger partial charge in [0.25, 0.3) is 0 Å². The molecule has 1 unspecified atom stereocenters. The maximum Gasteiger partial charge on any atom is 0.330 e. The minimum Gasteiger partial charge on any atom is -0.501 e. The van der Waals surface area contributed by atoms with Crippen LogP contribution in [0.4, 0.5) is 0 Å². The van der Waals surface area contributed by atoms with E-state index in [0.717, 1.165) is 17.3 Å². The predicted molar refractivity (Wildman–Crippen MR) is 88.5 cm³/mol. The van der Waals surface area contributed by atoms with E-state index in [0.29, 0.717) is 18.4 Å². The molecule has 0 aromatic heterocycles. The second-order valence-electron chi connectivity index (χ2n) is 5.43. The molecule has 0 heterocycles. The topological polar surface area (TPSA) is 61.8 Å². The third-order valence-corrected chi connectivity index (χ3v) is 3.97. The third kappa shape index (κ3) is 4.73. The predicted octanol–water partition coefficient (Wildman–Crippen LogP) is 2.53. The molecule has 127 valence electrons. The number of ether oxygens (including phenoxy) is 3. The molecule has 5 heteroatoms. The standard InChI is InChI=1S/C19H21O5/c1-22-17-9-14(13-6-4-5-7-13)8-15(11-18(20)23-2)16(10-17)12-19(21)24-3/h4-7,9,11-12,14H,8,10H2,1-3H3/b15-11+,16-12+. The molecule has 1 fully saturated rings. The zero-order valence-electron chi connectivity index (χ0n) is 14.1. The number of hydrogen-bond donors (Lipinski definition) is 0. The van der Waals surface area contributed by atoms with Gasteiger partial charge in [0.15, 0.2) is 0 Å². The fourth-order valence-corrected chi connectivity index (χ4v) is 2.70. The zero-order valence-corrected chi connectivity index (χ0v) is 14.1. The number of hydrogen-bond acceptors (Lipinski definition) is 5. The molecule has 1 atom stereocenters. The van der Waals surface area contributed by atoms with Crippen LogP contribution in [0.25, 0.3) is 0 Å². The van der Waals surface area contributed by atoms with E-state index in [1.54, 1.807) is 7.11 Å². The summed E-state index contributed by atoms with van der Waals surface area (Å²) in [6.07, 6.45) is 13.8. The van der Waals surface area contributed by atoms with Crippen LogP contribution in [0.5, 0.6) is 0 Å². The Kier molecular flexibility index (Phi) is 6.64. The minimum atomic E-state index is -0.469. The van der Waals surface area contributed by atoms with Crippen LogP contribution >= 0.6 is 0 Å². The summed E-state index contributed by atoms with van der Waals surface area (Å²) >= 11 is 0. The average Bonchev–Trinajstić information content (AvgIpc) is 3.07. The van der Waals surface area contributed by atoms with Gasteiger partial charge in [-0.05, 0) is 61.2 Å². The van der Waals surface area contributed by atoms with Crippen molar-refractivity contribution in [2.75, 3.05) is 21.3 Å². The molecule has 0 aromatic carbocycles. The Balaban J connectivity index is 2.38. The molecule has 2 aliphatic rings. The molecule has 1 saturated carbocycles. The number of esters is 2. The van der Waals surface area contributed by atoms with Crippen molar-refractivity contribution >= 4 is 11.9 Å². The number of rotatable bonds is 4. The first-order valence-electron chi connectivity index (χ1n) is 7.61. The Morgan fingerprint density at radius 1 is 1.00 bits per heavy atom. The highest BCUT2D eigenvalue weighted by atomic mass is 16.5. The van der Waals surface area contributed by atoms with E-state index < -0.39 is 11.9 Å². The van der Waals surface area contributed by atoms with Crippen LogP contribution < -0.4 is 0 Å². The molecule has 2 rings (SSSR count). The van der Waals surface area contributed by atoms with E-state index in [1.165, 1.54) is 26.4 Å². The first kappa shape index (κ1) is 18.3. The van der Waals surface area contributed by atoms with Crippen molar-refractivity contribution in [3.05, 3.63) is 66.7 Å². The van der Waals surface area contributed by atoms with Gasteiger partial charge in [-0.25, -0.2) is 9.59 Å². The van der Waals surface area contributed by atoms with Gasteiger partial charge >= 0.3 is 11.9 Å². The van der Waals surface area contributed by atoms with Gasteiger partial charge in [0.05, 0.1) is 27.1 Å². The van der Waals surface area contributed by atoms with Crippen molar-refractivity contribution < 1.29 is 23.8 Å². The summed E-state index contributed by atoms with van der Waals surface area (Å²) in [5.74, 6) is 0.990. The molecule has 24 heavy (non-hydrogen) atoms. The quantitative estimate of drug-likeness (QED) is 0.586. The molecular formula is C19H21O5. The lowest BCUT2D eigenvalue weighted by Gasteiger charge is -2.19. The normalized spacial score (nSPS) is 25.3. The van der Waals surface area contributed by atoms with Crippen LogP contribution in [0.15, 0.2) is 35.1 Å². The molecule has 0 N–H and O–H groups in total. The van der Waals surface area contributed by atoms with Gasteiger partial charge in [-0.15, -0.1) is 0 Å². The third-order valence-electron chi connectivity index (χ3n) is 3.97.